The van der Waals surface area contributed by atoms with Gasteiger partial charge in [0.05, 0.1) is 7.05 Å². The number of carbonyl (C=O) groups is 1. The molecule has 26 heavy (non-hydrogen) atoms. The van der Waals surface area contributed by atoms with Crippen molar-refractivity contribution in [3.05, 3.63) is 53.6 Å². The molecule has 0 aromatic heterocycles. The molecule has 5 nitrogen and oxygen atoms in total. The van der Waals surface area contributed by atoms with E-state index < -0.39 is 0 Å². The van der Waals surface area contributed by atoms with Gasteiger partial charge in [0.25, 0.3) is 5.91 Å². The lowest BCUT2D eigenvalue weighted by Crippen LogP contribution is -3.08. The average Bonchev–Trinajstić information content (AvgIpc) is 3.09. The molecule has 1 heterocycles. The summed E-state index contributed by atoms with van der Waals surface area (Å²) in [4.78, 5) is 13.4. The van der Waals surface area contributed by atoms with Crippen LogP contribution in [0.1, 0.15) is 37.3 Å². The van der Waals surface area contributed by atoms with Crippen LogP contribution in [-0.2, 0) is 11.3 Å². The van der Waals surface area contributed by atoms with E-state index in [1.54, 1.807) is 0 Å². The first kappa shape index (κ1) is 18.3. The molecule has 2 N–H and O–H groups in total. The van der Waals surface area contributed by atoms with Crippen molar-refractivity contribution in [1.82, 2.24) is 0 Å². The molecule has 2 atom stereocenters. The van der Waals surface area contributed by atoms with Crippen molar-refractivity contribution in [3.8, 4) is 11.5 Å². The number of hydrogen-bond acceptors (Lipinski definition) is 3. The molecule has 0 fully saturated rings. The molecule has 0 spiro atoms. The highest BCUT2D eigenvalue weighted by molar-refractivity contribution is 5.91. The minimum atomic E-state index is 0.0135. The third kappa shape index (κ3) is 4.55. The SMILES string of the molecule is CC[C@H](C)c1ccc(NC(=O)C[NH+](C)Cc2ccc3c(c2)OCO3)cc1. The minimum Gasteiger partial charge on any atom is -0.454 e. The summed E-state index contributed by atoms with van der Waals surface area (Å²) < 4.78 is 10.7. The van der Waals surface area contributed by atoms with E-state index in [1.165, 1.54) is 5.56 Å². The van der Waals surface area contributed by atoms with Gasteiger partial charge in [0.15, 0.2) is 18.0 Å². The largest absolute Gasteiger partial charge is 0.454 e. The maximum absolute atomic E-state index is 12.3. The summed E-state index contributed by atoms with van der Waals surface area (Å²) in [5.74, 6) is 2.11. The highest BCUT2D eigenvalue weighted by Crippen LogP contribution is 2.32. The molecule has 0 radical (unpaired) electrons. The number of nitrogens with one attached hydrogen (secondary N) is 2. The fourth-order valence-electron chi connectivity index (χ4n) is 3.07. The van der Waals surface area contributed by atoms with Gasteiger partial charge >= 0.3 is 0 Å². The molecule has 5 heteroatoms. The van der Waals surface area contributed by atoms with Gasteiger partial charge in [-0.25, -0.2) is 0 Å². The molecule has 2 aromatic rings. The Bertz CT molecular complexity index is 758. The van der Waals surface area contributed by atoms with Crippen LogP contribution in [0.5, 0.6) is 11.5 Å². The standard InChI is InChI=1S/C21H26N2O3/c1-4-15(2)17-6-8-18(9-7-17)22-21(24)13-23(3)12-16-5-10-19-20(11-16)26-14-25-19/h5-11,15H,4,12-14H2,1-3H3,(H,22,24)/p+1/t15-/m0/s1. The Labute approximate surface area is 154 Å². The Morgan fingerprint density at radius 3 is 2.62 bits per heavy atom. The molecule has 1 aliphatic heterocycles. The lowest BCUT2D eigenvalue weighted by molar-refractivity contribution is -0.885. The Hall–Kier alpha value is -2.53. The lowest BCUT2D eigenvalue weighted by Gasteiger charge is -2.15. The minimum absolute atomic E-state index is 0.0135. The average molecular weight is 355 g/mol. The lowest BCUT2D eigenvalue weighted by atomic mass is 9.99. The van der Waals surface area contributed by atoms with Crippen LogP contribution in [0.3, 0.4) is 0 Å². The van der Waals surface area contributed by atoms with Gasteiger partial charge < -0.3 is 19.7 Å². The van der Waals surface area contributed by atoms with Crippen LogP contribution in [0, 0.1) is 0 Å². The molecule has 3 rings (SSSR count). The summed E-state index contributed by atoms with van der Waals surface area (Å²) in [6, 6.07) is 14.1. The fraction of sp³-hybridized carbons (Fsp3) is 0.381. The zero-order valence-electron chi connectivity index (χ0n) is 15.7. The number of likely N-dealkylation sites (N-methyl/N-ethyl adjacent to an activating group) is 1. The molecule has 0 saturated heterocycles. The number of quaternary nitrogens is 1. The van der Waals surface area contributed by atoms with Crippen LogP contribution < -0.4 is 19.7 Å². The van der Waals surface area contributed by atoms with E-state index in [1.807, 2.05) is 37.4 Å². The second-order valence-electron chi connectivity index (χ2n) is 6.98. The van der Waals surface area contributed by atoms with Gasteiger partial charge in [-0.15, -0.1) is 0 Å². The van der Waals surface area contributed by atoms with Gasteiger partial charge in [-0.2, -0.15) is 0 Å². The van der Waals surface area contributed by atoms with Crippen LogP contribution in [0.2, 0.25) is 0 Å². The molecule has 0 aliphatic carbocycles. The summed E-state index contributed by atoms with van der Waals surface area (Å²) in [5.41, 5.74) is 3.27. The summed E-state index contributed by atoms with van der Waals surface area (Å²) >= 11 is 0. The van der Waals surface area contributed by atoms with Crippen molar-refractivity contribution in [2.24, 2.45) is 0 Å². The zero-order chi connectivity index (χ0) is 18.5. The summed E-state index contributed by atoms with van der Waals surface area (Å²) in [6.45, 7) is 5.82. The van der Waals surface area contributed by atoms with Crippen LogP contribution in [0.25, 0.3) is 0 Å². The van der Waals surface area contributed by atoms with E-state index in [0.29, 0.717) is 12.5 Å². The van der Waals surface area contributed by atoms with Crippen molar-refractivity contribution in [2.45, 2.75) is 32.7 Å². The van der Waals surface area contributed by atoms with Gasteiger partial charge in [-0.3, -0.25) is 4.79 Å². The quantitative estimate of drug-likeness (QED) is 0.803. The highest BCUT2D eigenvalue weighted by Gasteiger charge is 2.16. The molecule has 138 valence electrons. The summed E-state index contributed by atoms with van der Waals surface area (Å²) in [5, 5.41) is 2.98. The zero-order valence-corrected chi connectivity index (χ0v) is 15.7. The fourth-order valence-corrected chi connectivity index (χ4v) is 3.07. The van der Waals surface area contributed by atoms with Crippen LogP contribution >= 0.6 is 0 Å². The molecule has 0 saturated carbocycles. The third-order valence-electron chi connectivity index (χ3n) is 4.78. The number of amides is 1. The van der Waals surface area contributed by atoms with Gasteiger partial charge in [-0.05, 0) is 48.2 Å². The Morgan fingerprint density at radius 1 is 1.15 bits per heavy atom. The van der Waals surface area contributed by atoms with Crippen molar-refractivity contribution in [3.63, 3.8) is 0 Å². The van der Waals surface area contributed by atoms with E-state index in [9.17, 15) is 4.79 Å². The smallest absolute Gasteiger partial charge is 0.279 e. The predicted molar refractivity (Wildman–Crippen MR) is 102 cm³/mol. The molecular weight excluding hydrogens is 328 g/mol. The molecular formula is C21H27N2O3+. The number of hydrogen-bond donors (Lipinski definition) is 2. The topological polar surface area (TPSA) is 52.0 Å². The van der Waals surface area contributed by atoms with Crippen LogP contribution in [0.4, 0.5) is 5.69 Å². The van der Waals surface area contributed by atoms with Gasteiger partial charge in [0.2, 0.25) is 6.79 Å². The van der Waals surface area contributed by atoms with Gasteiger partial charge in [0, 0.05) is 11.3 Å². The molecule has 1 aliphatic rings. The number of benzene rings is 2. The molecule has 1 unspecified atom stereocenters. The first-order valence-corrected chi connectivity index (χ1v) is 9.14. The summed E-state index contributed by atoms with van der Waals surface area (Å²) in [6.07, 6.45) is 1.11. The van der Waals surface area contributed by atoms with E-state index in [4.69, 9.17) is 9.47 Å². The van der Waals surface area contributed by atoms with Crippen LogP contribution in [0.15, 0.2) is 42.5 Å². The van der Waals surface area contributed by atoms with Crippen LogP contribution in [-0.4, -0.2) is 26.3 Å². The van der Waals surface area contributed by atoms with Crippen molar-refractivity contribution >= 4 is 11.6 Å². The first-order chi connectivity index (χ1) is 12.5. The van der Waals surface area contributed by atoms with Gasteiger partial charge in [-0.1, -0.05) is 26.0 Å². The molecule has 0 bridgehead atoms. The number of carbonyl (C=O) groups excluding carboxylic acids is 1. The number of ether oxygens (including phenoxy) is 2. The van der Waals surface area contributed by atoms with Crippen molar-refractivity contribution < 1.29 is 19.2 Å². The maximum atomic E-state index is 12.3. The van der Waals surface area contributed by atoms with Crippen molar-refractivity contribution in [2.75, 3.05) is 25.7 Å². The molecule has 1 amide bonds. The second kappa shape index (κ2) is 8.23. The summed E-state index contributed by atoms with van der Waals surface area (Å²) in [7, 11) is 2.01. The number of rotatable bonds is 7. The van der Waals surface area contributed by atoms with E-state index >= 15 is 0 Å². The van der Waals surface area contributed by atoms with E-state index in [0.717, 1.165) is 40.6 Å². The Kier molecular flexibility index (Phi) is 5.78. The second-order valence-corrected chi connectivity index (χ2v) is 6.98. The molecule has 2 aromatic carbocycles. The Balaban J connectivity index is 1.51. The Morgan fingerprint density at radius 2 is 1.88 bits per heavy atom. The first-order valence-electron chi connectivity index (χ1n) is 9.14. The predicted octanol–water partition coefficient (Wildman–Crippen LogP) is 2.58. The monoisotopic (exact) mass is 355 g/mol. The maximum Gasteiger partial charge on any atom is 0.279 e. The number of fused-ring (bicyclic) bond motifs is 1. The normalized spacial score (nSPS) is 14.7. The third-order valence-corrected chi connectivity index (χ3v) is 4.78. The van der Waals surface area contributed by atoms with E-state index in [-0.39, 0.29) is 12.7 Å². The highest BCUT2D eigenvalue weighted by atomic mass is 16.7. The van der Waals surface area contributed by atoms with Gasteiger partial charge in [0.1, 0.15) is 6.54 Å². The van der Waals surface area contributed by atoms with E-state index in [2.05, 4.69) is 31.3 Å². The van der Waals surface area contributed by atoms with Crippen molar-refractivity contribution in [1.29, 1.82) is 0 Å². The number of anilines is 1.